The van der Waals surface area contributed by atoms with Crippen LogP contribution in [-0.4, -0.2) is 10.1 Å². The lowest BCUT2D eigenvalue weighted by Crippen LogP contribution is -2.07. The van der Waals surface area contributed by atoms with Crippen molar-refractivity contribution in [3.8, 4) is 5.75 Å². The molecule has 0 amide bonds. The third-order valence-corrected chi connectivity index (χ3v) is 4.99. The summed E-state index contributed by atoms with van der Waals surface area (Å²) in [6.45, 7) is 0. The van der Waals surface area contributed by atoms with E-state index in [9.17, 15) is 9.90 Å². The van der Waals surface area contributed by atoms with Gasteiger partial charge in [-0.05, 0) is 59.4 Å². The van der Waals surface area contributed by atoms with Crippen LogP contribution in [0.1, 0.15) is 43.6 Å². The van der Waals surface area contributed by atoms with Crippen molar-refractivity contribution in [2.24, 2.45) is 0 Å². The van der Waals surface area contributed by atoms with Gasteiger partial charge < -0.3 is 10.1 Å². The molecule has 1 heterocycles. The molecule has 2 aromatic carbocycles. The van der Waals surface area contributed by atoms with Gasteiger partial charge in [-0.15, -0.1) is 0 Å². The maximum atomic E-state index is 12.3. The van der Waals surface area contributed by atoms with Crippen molar-refractivity contribution >= 4 is 21.5 Å². The van der Waals surface area contributed by atoms with E-state index in [1.54, 1.807) is 0 Å². The van der Waals surface area contributed by atoms with Crippen LogP contribution in [-0.2, 0) is 0 Å². The van der Waals surface area contributed by atoms with E-state index in [1.807, 2.05) is 24.5 Å². The molecule has 112 valence electrons. The third kappa shape index (κ3) is 2.00. The summed E-state index contributed by atoms with van der Waals surface area (Å²) in [7, 11) is 0. The largest absolute Gasteiger partial charge is 0.504 e. The minimum absolute atomic E-state index is 0.165. The third-order valence-electron chi connectivity index (χ3n) is 4.99. The molecule has 1 fully saturated rings. The maximum absolute atomic E-state index is 12.3. The summed E-state index contributed by atoms with van der Waals surface area (Å²) in [6, 6.07) is 7.47. The number of hydrogen-bond acceptors (Lipinski definition) is 2. The summed E-state index contributed by atoms with van der Waals surface area (Å²) in [4.78, 5) is 15.5. The van der Waals surface area contributed by atoms with Crippen molar-refractivity contribution in [1.82, 2.24) is 4.98 Å². The first kappa shape index (κ1) is 13.4. The minimum Gasteiger partial charge on any atom is -0.504 e. The number of aromatic amines is 1. The average molecular weight is 293 g/mol. The summed E-state index contributed by atoms with van der Waals surface area (Å²) in [6.07, 6.45) is 10.1. The normalized spacial score (nSPS) is 16.4. The molecule has 0 bridgehead atoms. The number of H-pyrrole nitrogens is 1. The predicted molar refractivity (Wildman–Crippen MR) is 89.6 cm³/mol. The van der Waals surface area contributed by atoms with Crippen LogP contribution in [0.15, 0.2) is 41.5 Å². The van der Waals surface area contributed by atoms with Crippen molar-refractivity contribution in [2.45, 2.75) is 38.0 Å². The van der Waals surface area contributed by atoms with Crippen LogP contribution >= 0.6 is 0 Å². The van der Waals surface area contributed by atoms with E-state index < -0.39 is 0 Å². The summed E-state index contributed by atoms with van der Waals surface area (Å²) in [5.74, 6) is 0.353. The van der Waals surface area contributed by atoms with E-state index >= 15 is 0 Å². The molecule has 0 saturated heterocycles. The number of phenolic OH excluding ortho intramolecular Hbond substituents is 1. The van der Waals surface area contributed by atoms with E-state index in [1.165, 1.54) is 49.1 Å². The van der Waals surface area contributed by atoms with Gasteiger partial charge in [-0.2, -0.15) is 0 Å². The Kier molecular flexibility index (Phi) is 3.14. The van der Waals surface area contributed by atoms with Crippen molar-refractivity contribution in [1.29, 1.82) is 0 Å². The second kappa shape index (κ2) is 5.16. The molecule has 0 unspecified atom stereocenters. The molecule has 1 aromatic heterocycles. The first-order valence-corrected chi connectivity index (χ1v) is 8.01. The van der Waals surface area contributed by atoms with Gasteiger partial charge in [0, 0.05) is 23.2 Å². The lowest BCUT2D eigenvalue weighted by molar-refractivity contribution is 0.445. The van der Waals surface area contributed by atoms with Gasteiger partial charge in [-0.1, -0.05) is 19.3 Å². The van der Waals surface area contributed by atoms with Crippen molar-refractivity contribution in [3.05, 3.63) is 52.4 Å². The quantitative estimate of drug-likeness (QED) is 0.652. The van der Waals surface area contributed by atoms with Crippen molar-refractivity contribution in [3.63, 3.8) is 0 Å². The fourth-order valence-electron chi connectivity index (χ4n) is 3.86. The zero-order chi connectivity index (χ0) is 15.1. The number of phenols is 1. The van der Waals surface area contributed by atoms with Crippen LogP contribution in [0.5, 0.6) is 5.75 Å². The molecule has 2 N–H and O–H groups in total. The SMILES string of the molecule is O=c1c(O)ccc2c1cc(C1CCCCC1)c1cc[nH]cc12. The molecular formula is C19H19NO2. The standard InChI is InChI=1S/C19H19NO2/c21-18-7-6-13-16(19(18)22)10-15(12-4-2-1-3-5-12)14-8-9-20-11-17(13)14/h6-12,20-21H,1-5H2. The highest BCUT2D eigenvalue weighted by atomic mass is 16.3. The molecule has 0 spiro atoms. The molecule has 4 rings (SSSR count). The number of rotatable bonds is 1. The van der Waals surface area contributed by atoms with Crippen molar-refractivity contribution in [2.75, 3.05) is 0 Å². The number of nitrogens with one attached hydrogen (secondary N) is 1. The molecule has 3 aromatic rings. The second-order valence-electron chi connectivity index (χ2n) is 6.28. The highest BCUT2D eigenvalue weighted by molar-refractivity contribution is 6.09. The predicted octanol–water partition coefficient (Wildman–Crippen LogP) is 4.43. The second-order valence-corrected chi connectivity index (χ2v) is 6.28. The smallest absolute Gasteiger partial charge is 0.227 e. The van der Waals surface area contributed by atoms with Crippen molar-refractivity contribution < 1.29 is 5.11 Å². The zero-order valence-electron chi connectivity index (χ0n) is 12.4. The molecule has 0 radical (unpaired) electrons. The van der Waals surface area contributed by atoms with Gasteiger partial charge in [0.1, 0.15) is 0 Å². The van der Waals surface area contributed by atoms with Crippen LogP contribution in [0.25, 0.3) is 21.5 Å². The highest BCUT2D eigenvalue weighted by Crippen LogP contribution is 2.38. The highest BCUT2D eigenvalue weighted by Gasteiger charge is 2.20. The molecule has 0 atom stereocenters. The van der Waals surface area contributed by atoms with E-state index in [-0.39, 0.29) is 11.2 Å². The van der Waals surface area contributed by atoms with Gasteiger partial charge in [0.25, 0.3) is 0 Å². The average Bonchev–Trinajstić information content (AvgIpc) is 2.58. The van der Waals surface area contributed by atoms with Crippen LogP contribution in [0.3, 0.4) is 0 Å². The van der Waals surface area contributed by atoms with Gasteiger partial charge >= 0.3 is 0 Å². The van der Waals surface area contributed by atoms with Gasteiger partial charge in [0.05, 0.1) is 0 Å². The first-order chi connectivity index (χ1) is 10.8. The Bertz CT molecular complexity index is 904. The lowest BCUT2D eigenvalue weighted by Gasteiger charge is -2.24. The summed E-state index contributed by atoms with van der Waals surface area (Å²) >= 11 is 0. The van der Waals surface area contributed by atoms with E-state index in [2.05, 4.69) is 11.1 Å². The van der Waals surface area contributed by atoms with Crippen LogP contribution in [0, 0.1) is 0 Å². The number of pyridine rings is 1. The maximum Gasteiger partial charge on any atom is 0.227 e. The summed E-state index contributed by atoms with van der Waals surface area (Å²) < 4.78 is 0. The number of fused-ring (bicyclic) bond motifs is 3. The number of benzene rings is 2. The van der Waals surface area contributed by atoms with E-state index in [0.29, 0.717) is 11.3 Å². The van der Waals surface area contributed by atoms with Gasteiger partial charge in [-0.3, -0.25) is 4.79 Å². The first-order valence-electron chi connectivity index (χ1n) is 8.01. The fraction of sp³-hybridized carbons (Fsp3) is 0.316. The zero-order valence-corrected chi connectivity index (χ0v) is 12.4. The van der Waals surface area contributed by atoms with Gasteiger partial charge in [-0.25, -0.2) is 0 Å². The van der Waals surface area contributed by atoms with Gasteiger partial charge in [0.15, 0.2) is 5.75 Å². The Morgan fingerprint density at radius 2 is 1.77 bits per heavy atom. The molecule has 1 aliphatic rings. The fourth-order valence-corrected chi connectivity index (χ4v) is 3.86. The number of aromatic nitrogens is 1. The number of hydrogen-bond donors (Lipinski definition) is 2. The Hall–Kier alpha value is -2.29. The summed E-state index contributed by atoms with van der Waals surface area (Å²) in [5, 5.41) is 13.6. The molecule has 1 saturated carbocycles. The molecule has 3 heteroatoms. The van der Waals surface area contributed by atoms with Crippen LogP contribution < -0.4 is 5.43 Å². The topological polar surface area (TPSA) is 53.1 Å². The Labute approximate surface area is 128 Å². The van der Waals surface area contributed by atoms with Crippen LogP contribution in [0.4, 0.5) is 0 Å². The molecule has 22 heavy (non-hydrogen) atoms. The lowest BCUT2D eigenvalue weighted by atomic mass is 9.81. The van der Waals surface area contributed by atoms with Crippen LogP contribution in [0.2, 0.25) is 0 Å². The minimum atomic E-state index is -0.264. The Morgan fingerprint density at radius 3 is 2.59 bits per heavy atom. The molecule has 3 nitrogen and oxygen atoms in total. The number of aromatic hydroxyl groups is 1. The molecular weight excluding hydrogens is 274 g/mol. The molecule has 1 aliphatic carbocycles. The van der Waals surface area contributed by atoms with E-state index in [4.69, 9.17) is 0 Å². The Morgan fingerprint density at radius 1 is 0.955 bits per heavy atom. The monoisotopic (exact) mass is 293 g/mol. The summed E-state index contributed by atoms with van der Waals surface area (Å²) in [5.41, 5.74) is 0.999. The Balaban J connectivity index is 2.09. The van der Waals surface area contributed by atoms with Gasteiger partial charge in [0.2, 0.25) is 5.43 Å². The van der Waals surface area contributed by atoms with E-state index in [0.717, 1.165) is 10.8 Å². The molecule has 0 aliphatic heterocycles.